The number of anilines is 1. The third kappa shape index (κ3) is 4.74. The van der Waals surface area contributed by atoms with Crippen molar-refractivity contribution in [2.75, 3.05) is 11.7 Å². The fourth-order valence-electron chi connectivity index (χ4n) is 4.33. The van der Waals surface area contributed by atoms with Crippen molar-refractivity contribution in [2.45, 2.75) is 57.6 Å². The van der Waals surface area contributed by atoms with E-state index in [1.807, 2.05) is 13.0 Å². The molecule has 10 heteroatoms. The second kappa shape index (κ2) is 9.27. The highest BCUT2D eigenvalue weighted by Crippen LogP contribution is 2.34. The molecule has 2 aromatic carbocycles. The number of carbonyl (C=O) groups excluding carboxylic acids is 2. The smallest absolute Gasteiger partial charge is 0.241 e. The summed E-state index contributed by atoms with van der Waals surface area (Å²) in [6.45, 7) is 7.36. The van der Waals surface area contributed by atoms with Gasteiger partial charge in [0.05, 0.1) is 4.90 Å². The van der Waals surface area contributed by atoms with Gasteiger partial charge in [-0.1, -0.05) is 19.9 Å². The summed E-state index contributed by atoms with van der Waals surface area (Å²) in [6.07, 6.45) is 0.571. The van der Waals surface area contributed by atoms with Gasteiger partial charge < -0.3 is 19.7 Å². The van der Waals surface area contributed by atoms with E-state index in [4.69, 9.17) is 9.47 Å². The second-order valence-electron chi connectivity index (χ2n) is 8.98. The van der Waals surface area contributed by atoms with Gasteiger partial charge in [-0.3, -0.25) is 9.59 Å². The van der Waals surface area contributed by atoms with Crippen molar-refractivity contribution in [2.24, 2.45) is 5.92 Å². The highest BCUT2D eigenvalue weighted by Gasteiger charge is 2.32. The summed E-state index contributed by atoms with van der Waals surface area (Å²) >= 11 is 0. The van der Waals surface area contributed by atoms with Crippen LogP contribution in [0.1, 0.15) is 38.8 Å². The van der Waals surface area contributed by atoms with Gasteiger partial charge in [-0.25, -0.2) is 8.42 Å². The Bertz CT molecular complexity index is 1230. The van der Waals surface area contributed by atoms with Crippen molar-refractivity contribution in [3.8, 4) is 11.5 Å². The van der Waals surface area contributed by atoms with Crippen LogP contribution in [-0.2, 0) is 32.6 Å². The molecule has 0 unspecified atom stereocenters. The predicted octanol–water partition coefficient (Wildman–Crippen LogP) is 2.33. The Kier molecular flexibility index (Phi) is 6.55. The molecule has 182 valence electrons. The van der Waals surface area contributed by atoms with Crippen molar-refractivity contribution in [3.05, 3.63) is 47.5 Å². The molecular weight excluding hydrogens is 458 g/mol. The van der Waals surface area contributed by atoms with Gasteiger partial charge in [0, 0.05) is 25.2 Å². The molecule has 4 rings (SSSR count). The molecule has 0 fully saturated rings. The zero-order valence-corrected chi connectivity index (χ0v) is 20.4. The van der Waals surface area contributed by atoms with E-state index in [9.17, 15) is 18.0 Å². The molecule has 0 saturated heterocycles. The Morgan fingerprint density at radius 2 is 1.85 bits per heavy atom. The Hall–Kier alpha value is -3.11. The number of nitrogens with one attached hydrogen (secondary N) is 2. The van der Waals surface area contributed by atoms with Crippen LogP contribution in [0.4, 0.5) is 5.69 Å². The molecule has 0 spiro atoms. The first-order valence-electron chi connectivity index (χ1n) is 11.2. The highest BCUT2D eigenvalue weighted by molar-refractivity contribution is 7.89. The highest BCUT2D eigenvalue weighted by atomic mass is 32.2. The lowest BCUT2D eigenvalue weighted by Gasteiger charge is -2.22. The van der Waals surface area contributed by atoms with E-state index in [1.165, 1.54) is 13.0 Å². The van der Waals surface area contributed by atoms with Gasteiger partial charge in [-0.15, -0.1) is 0 Å². The summed E-state index contributed by atoms with van der Waals surface area (Å²) in [5, 5.41) is 2.80. The minimum atomic E-state index is -3.97. The lowest BCUT2D eigenvalue weighted by molar-refractivity contribution is -0.123. The molecule has 0 radical (unpaired) electrons. The van der Waals surface area contributed by atoms with Gasteiger partial charge >= 0.3 is 0 Å². The summed E-state index contributed by atoms with van der Waals surface area (Å²) in [4.78, 5) is 26.6. The Morgan fingerprint density at radius 1 is 1.12 bits per heavy atom. The van der Waals surface area contributed by atoms with Crippen LogP contribution in [0, 0.1) is 5.92 Å². The molecule has 2 aliphatic heterocycles. The number of benzene rings is 2. The molecule has 0 bridgehead atoms. The topological polar surface area (TPSA) is 114 Å². The lowest BCUT2D eigenvalue weighted by Crippen LogP contribution is -2.49. The predicted molar refractivity (Wildman–Crippen MR) is 126 cm³/mol. The average Bonchev–Trinajstić information content (AvgIpc) is 3.37. The molecule has 0 saturated carbocycles. The monoisotopic (exact) mass is 487 g/mol. The fraction of sp³-hybridized carbons (Fsp3) is 0.417. The normalized spacial score (nSPS) is 17.6. The first kappa shape index (κ1) is 24.0. The van der Waals surface area contributed by atoms with E-state index in [-0.39, 0.29) is 36.1 Å². The number of rotatable bonds is 7. The summed E-state index contributed by atoms with van der Waals surface area (Å²) in [6, 6.07) is 9.08. The van der Waals surface area contributed by atoms with E-state index >= 15 is 0 Å². The number of ether oxygens (including phenoxy) is 2. The van der Waals surface area contributed by atoms with E-state index in [0.29, 0.717) is 17.9 Å². The number of hydrogen-bond donors (Lipinski definition) is 2. The molecule has 2 atom stereocenters. The molecule has 34 heavy (non-hydrogen) atoms. The van der Waals surface area contributed by atoms with Crippen LogP contribution in [-0.4, -0.2) is 39.1 Å². The minimum Gasteiger partial charge on any atom is -0.454 e. The number of fused-ring (bicyclic) bond motifs is 2. The van der Waals surface area contributed by atoms with Crippen LogP contribution in [0.3, 0.4) is 0 Å². The molecule has 2 N–H and O–H groups in total. The molecular formula is C24H29N3O6S. The van der Waals surface area contributed by atoms with Crippen LogP contribution in [0.15, 0.2) is 41.3 Å². The van der Waals surface area contributed by atoms with Crippen LogP contribution in [0.5, 0.6) is 11.5 Å². The van der Waals surface area contributed by atoms with Gasteiger partial charge in [-0.2, -0.15) is 4.72 Å². The van der Waals surface area contributed by atoms with Crippen LogP contribution in [0.2, 0.25) is 0 Å². The van der Waals surface area contributed by atoms with Gasteiger partial charge in [0.2, 0.25) is 28.6 Å². The van der Waals surface area contributed by atoms with Gasteiger partial charge in [0.15, 0.2) is 11.5 Å². The number of sulfonamides is 1. The van der Waals surface area contributed by atoms with Crippen molar-refractivity contribution in [1.82, 2.24) is 10.0 Å². The summed E-state index contributed by atoms with van der Waals surface area (Å²) in [7, 11) is -3.97. The third-order valence-corrected chi connectivity index (χ3v) is 7.49. The first-order chi connectivity index (χ1) is 16.1. The van der Waals surface area contributed by atoms with Gasteiger partial charge in [-0.05, 0) is 60.7 Å². The molecule has 2 aromatic rings. The summed E-state index contributed by atoms with van der Waals surface area (Å²) < 4.78 is 39.5. The Morgan fingerprint density at radius 3 is 2.56 bits per heavy atom. The van der Waals surface area contributed by atoms with Crippen molar-refractivity contribution in [1.29, 1.82) is 0 Å². The largest absolute Gasteiger partial charge is 0.454 e. The van der Waals surface area contributed by atoms with E-state index in [0.717, 1.165) is 16.8 Å². The maximum Gasteiger partial charge on any atom is 0.241 e. The van der Waals surface area contributed by atoms with E-state index < -0.39 is 22.0 Å². The lowest BCUT2D eigenvalue weighted by atomic mass is 10.0. The number of carbonyl (C=O) groups is 2. The summed E-state index contributed by atoms with van der Waals surface area (Å²) in [5.74, 6) is 0.474. The standard InChI is InChI=1S/C24H29N3O6S/c1-14(2)23(24(29)25-12-17-5-8-21-22(10-17)33-13-32-21)26-34(30,31)19-6-7-20-18(11-19)9-15(3)27(20)16(4)28/h5-8,10-11,14-15,23,26H,9,12-13H2,1-4H3,(H,25,29)/t15-,23-/m0/s1. The average molecular weight is 488 g/mol. The second-order valence-corrected chi connectivity index (χ2v) is 10.7. The van der Waals surface area contributed by atoms with Gasteiger partial charge in [0.25, 0.3) is 0 Å². The quantitative estimate of drug-likeness (QED) is 0.620. The zero-order chi connectivity index (χ0) is 24.6. The maximum atomic E-state index is 13.1. The van der Waals surface area contributed by atoms with Crippen molar-refractivity contribution >= 4 is 27.5 Å². The maximum absolute atomic E-state index is 13.1. The van der Waals surface area contributed by atoms with Crippen molar-refractivity contribution < 1.29 is 27.5 Å². The molecule has 2 aliphatic rings. The molecule has 2 heterocycles. The molecule has 2 amide bonds. The number of nitrogens with zero attached hydrogens (tertiary/aromatic N) is 1. The van der Waals surface area contributed by atoms with Gasteiger partial charge in [0.1, 0.15) is 6.04 Å². The third-order valence-electron chi connectivity index (χ3n) is 6.05. The Labute approximate surface area is 199 Å². The van der Waals surface area contributed by atoms with Crippen molar-refractivity contribution in [3.63, 3.8) is 0 Å². The van der Waals surface area contributed by atoms with E-state index in [1.54, 1.807) is 43.0 Å². The minimum absolute atomic E-state index is 0.0382. The van der Waals surface area contributed by atoms with Crippen LogP contribution >= 0.6 is 0 Å². The van der Waals surface area contributed by atoms with E-state index in [2.05, 4.69) is 10.0 Å². The summed E-state index contributed by atoms with van der Waals surface area (Å²) in [5.41, 5.74) is 2.32. The fourth-order valence-corrected chi connectivity index (χ4v) is 5.73. The SMILES string of the molecule is CC(=O)N1c2ccc(S(=O)(=O)N[C@H](C(=O)NCc3ccc4c(c3)OCO4)C(C)C)cc2C[C@@H]1C. The first-order valence-corrected chi connectivity index (χ1v) is 12.7. The number of amides is 2. The molecule has 0 aliphatic carbocycles. The molecule has 0 aromatic heterocycles. The van der Waals surface area contributed by atoms with Crippen LogP contribution < -0.4 is 24.4 Å². The molecule has 9 nitrogen and oxygen atoms in total. The zero-order valence-electron chi connectivity index (χ0n) is 19.6. The van der Waals surface area contributed by atoms with Crippen LogP contribution in [0.25, 0.3) is 0 Å². The Balaban J connectivity index is 1.47. The number of hydrogen-bond acceptors (Lipinski definition) is 6.